The third-order valence-electron chi connectivity index (χ3n) is 4.96. The van der Waals surface area contributed by atoms with Gasteiger partial charge in [0.15, 0.2) is 0 Å². The monoisotopic (exact) mass is 442 g/mol. The van der Waals surface area contributed by atoms with Crippen molar-refractivity contribution in [2.24, 2.45) is 0 Å². The van der Waals surface area contributed by atoms with Gasteiger partial charge in [0.05, 0.1) is 13.5 Å². The molecule has 1 heterocycles. The summed E-state index contributed by atoms with van der Waals surface area (Å²) in [4.78, 5) is 27.7. The van der Waals surface area contributed by atoms with Crippen LogP contribution in [0.25, 0.3) is 10.9 Å². The Kier molecular flexibility index (Phi) is 5.66. The average molecular weight is 442 g/mol. The number of H-pyrrole nitrogens is 1. The SMILES string of the molecule is COc1ccc(C(=O)NNC(=O)Cc2c[nH]c3ccccc23)cc1S(=O)(=O)NC1CC1. The lowest BCUT2D eigenvalue weighted by molar-refractivity contribution is -0.121. The quantitative estimate of drug-likeness (QED) is 0.413. The van der Waals surface area contributed by atoms with Crippen molar-refractivity contribution in [2.45, 2.75) is 30.2 Å². The van der Waals surface area contributed by atoms with Gasteiger partial charge in [-0.2, -0.15) is 0 Å². The first-order valence-corrected chi connectivity index (χ1v) is 11.2. The van der Waals surface area contributed by atoms with Crippen molar-refractivity contribution in [1.29, 1.82) is 0 Å². The molecule has 2 amide bonds. The summed E-state index contributed by atoms with van der Waals surface area (Å²) in [7, 11) is -2.47. The highest BCUT2D eigenvalue weighted by molar-refractivity contribution is 7.89. The normalized spacial score (nSPS) is 13.7. The number of methoxy groups -OCH3 is 1. The standard InChI is InChI=1S/C21H22N4O5S/c1-30-18-9-6-13(10-19(18)31(28,29)25-15-7-8-15)21(27)24-23-20(26)11-14-12-22-17-5-3-2-4-16(14)17/h2-6,9-10,12,15,22,25H,7-8,11H2,1H3,(H,23,26)(H,24,27). The smallest absolute Gasteiger partial charge is 0.269 e. The molecular weight excluding hydrogens is 420 g/mol. The number of amides is 2. The highest BCUT2D eigenvalue weighted by Gasteiger charge is 2.30. The molecule has 1 aliphatic rings. The summed E-state index contributed by atoms with van der Waals surface area (Å²) in [6, 6.07) is 11.6. The summed E-state index contributed by atoms with van der Waals surface area (Å²) in [6.07, 6.45) is 3.38. The molecule has 0 bridgehead atoms. The van der Waals surface area contributed by atoms with E-state index in [0.29, 0.717) is 0 Å². The van der Waals surface area contributed by atoms with Gasteiger partial charge in [0, 0.05) is 28.7 Å². The Bertz CT molecular complexity index is 1250. The van der Waals surface area contributed by atoms with E-state index < -0.39 is 21.8 Å². The molecular formula is C21H22N4O5S. The number of rotatable bonds is 7. The summed E-state index contributed by atoms with van der Waals surface area (Å²) >= 11 is 0. The summed E-state index contributed by atoms with van der Waals surface area (Å²) in [5.74, 6) is -0.916. The molecule has 4 N–H and O–H groups in total. The largest absolute Gasteiger partial charge is 0.495 e. The van der Waals surface area contributed by atoms with E-state index in [9.17, 15) is 18.0 Å². The number of hydrogen-bond donors (Lipinski definition) is 4. The maximum absolute atomic E-state index is 12.6. The summed E-state index contributed by atoms with van der Waals surface area (Å²) in [5.41, 5.74) is 6.48. The number of hydrazine groups is 1. The van der Waals surface area contributed by atoms with Crippen LogP contribution < -0.4 is 20.3 Å². The Balaban J connectivity index is 1.43. The van der Waals surface area contributed by atoms with Crippen molar-refractivity contribution in [1.82, 2.24) is 20.6 Å². The Hall–Kier alpha value is -3.37. The number of carbonyl (C=O) groups is 2. The van der Waals surface area contributed by atoms with Gasteiger partial charge in [-0.3, -0.25) is 20.4 Å². The zero-order valence-electron chi connectivity index (χ0n) is 16.8. The van der Waals surface area contributed by atoms with Crippen LogP contribution in [0, 0.1) is 0 Å². The summed E-state index contributed by atoms with van der Waals surface area (Å²) < 4.78 is 32.9. The predicted octanol–water partition coefficient (Wildman–Crippen LogP) is 1.62. The second-order valence-corrected chi connectivity index (χ2v) is 8.98. The van der Waals surface area contributed by atoms with Gasteiger partial charge in [-0.1, -0.05) is 18.2 Å². The van der Waals surface area contributed by atoms with E-state index in [2.05, 4.69) is 20.6 Å². The minimum atomic E-state index is -3.83. The molecule has 1 fully saturated rings. The molecule has 1 aliphatic carbocycles. The van der Waals surface area contributed by atoms with Crippen LogP contribution in [0.5, 0.6) is 5.75 Å². The third kappa shape index (κ3) is 4.70. The van der Waals surface area contributed by atoms with E-state index in [1.54, 1.807) is 6.20 Å². The lowest BCUT2D eigenvalue weighted by atomic mass is 10.1. The van der Waals surface area contributed by atoms with Crippen LogP contribution in [0.15, 0.2) is 53.6 Å². The average Bonchev–Trinajstić information content (AvgIpc) is 3.48. The van der Waals surface area contributed by atoms with Crippen LogP contribution in [0.4, 0.5) is 0 Å². The van der Waals surface area contributed by atoms with E-state index in [1.807, 2.05) is 24.3 Å². The maximum atomic E-state index is 12.6. The summed E-state index contributed by atoms with van der Waals surface area (Å²) in [5, 5.41) is 0.928. The Morgan fingerprint density at radius 3 is 2.65 bits per heavy atom. The molecule has 0 unspecified atom stereocenters. The van der Waals surface area contributed by atoms with Crippen molar-refractivity contribution < 1.29 is 22.7 Å². The fourth-order valence-electron chi connectivity index (χ4n) is 3.21. The molecule has 162 valence electrons. The van der Waals surface area contributed by atoms with Crippen LogP contribution in [0.2, 0.25) is 0 Å². The second kappa shape index (κ2) is 8.40. The molecule has 0 saturated heterocycles. The summed E-state index contributed by atoms with van der Waals surface area (Å²) in [6.45, 7) is 0. The topological polar surface area (TPSA) is 129 Å². The molecule has 0 aliphatic heterocycles. The molecule has 31 heavy (non-hydrogen) atoms. The van der Waals surface area contributed by atoms with Crippen molar-refractivity contribution >= 4 is 32.7 Å². The molecule has 2 aromatic carbocycles. The number of benzene rings is 2. The number of aromatic nitrogens is 1. The molecule has 0 atom stereocenters. The van der Waals surface area contributed by atoms with E-state index >= 15 is 0 Å². The molecule has 9 nitrogen and oxygen atoms in total. The molecule has 1 saturated carbocycles. The molecule has 0 radical (unpaired) electrons. The highest BCUT2D eigenvalue weighted by atomic mass is 32.2. The number of aromatic amines is 1. The van der Waals surface area contributed by atoms with Gasteiger partial charge in [-0.25, -0.2) is 13.1 Å². The lowest BCUT2D eigenvalue weighted by Gasteiger charge is -2.12. The van der Waals surface area contributed by atoms with Gasteiger partial charge >= 0.3 is 0 Å². The number of nitrogens with one attached hydrogen (secondary N) is 4. The molecule has 0 spiro atoms. The van der Waals surface area contributed by atoms with Crippen molar-refractivity contribution in [3.8, 4) is 5.75 Å². The number of carbonyl (C=O) groups excluding carboxylic acids is 2. The first-order chi connectivity index (χ1) is 14.9. The Morgan fingerprint density at radius 2 is 1.90 bits per heavy atom. The zero-order valence-corrected chi connectivity index (χ0v) is 17.6. The van der Waals surface area contributed by atoms with Gasteiger partial charge < -0.3 is 9.72 Å². The zero-order chi connectivity index (χ0) is 22.0. The van der Waals surface area contributed by atoms with Crippen molar-refractivity contribution in [2.75, 3.05) is 7.11 Å². The molecule has 1 aromatic heterocycles. The van der Waals surface area contributed by atoms with Gasteiger partial charge in [0.25, 0.3) is 5.91 Å². The van der Waals surface area contributed by atoms with Crippen molar-refractivity contribution in [3.05, 3.63) is 59.8 Å². The Labute approximate surface area is 179 Å². The van der Waals surface area contributed by atoms with Gasteiger partial charge in [0.2, 0.25) is 15.9 Å². The van der Waals surface area contributed by atoms with E-state index in [4.69, 9.17) is 4.74 Å². The Morgan fingerprint density at radius 1 is 1.13 bits per heavy atom. The van der Waals surface area contributed by atoms with Crippen LogP contribution >= 0.6 is 0 Å². The first-order valence-electron chi connectivity index (χ1n) is 9.72. The maximum Gasteiger partial charge on any atom is 0.269 e. The third-order valence-corrected chi connectivity index (χ3v) is 6.50. The van der Waals surface area contributed by atoms with Crippen LogP contribution in [0.3, 0.4) is 0 Å². The molecule has 10 heteroatoms. The number of hydrogen-bond acceptors (Lipinski definition) is 5. The van der Waals surface area contributed by atoms with E-state index in [1.165, 1.54) is 25.3 Å². The second-order valence-electron chi connectivity index (χ2n) is 7.30. The van der Waals surface area contributed by atoms with E-state index in [0.717, 1.165) is 29.3 Å². The van der Waals surface area contributed by atoms with Crippen LogP contribution in [-0.2, 0) is 21.2 Å². The number of fused-ring (bicyclic) bond motifs is 1. The minimum absolute atomic E-state index is 0.0673. The highest BCUT2D eigenvalue weighted by Crippen LogP contribution is 2.28. The first kappa shape index (κ1) is 20.9. The molecule has 3 aromatic rings. The minimum Gasteiger partial charge on any atom is -0.495 e. The van der Waals surface area contributed by atoms with Gasteiger partial charge in [0.1, 0.15) is 10.6 Å². The number of para-hydroxylation sites is 1. The van der Waals surface area contributed by atoms with Crippen molar-refractivity contribution in [3.63, 3.8) is 0 Å². The van der Waals surface area contributed by atoms with Gasteiger partial charge in [-0.15, -0.1) is 0 Å². The van der Waals surface area contributed by atoms with Crippen LogP contribution in [-0.4, -0.2) is 38.4 Å². The lowest BCUT2D eigenvalue weighted by Crippen LogP contribution is -2.42. The fourth-order valence-corrected chi connectivity index (χ4v) is 4.71. The van der Waals surface area contributed by atoms with E-state index in [-0.39, 0.29) is 28.7 Å². The van der Waals surface area contributed by atoms with Gasteiger partial charge in [-0.05, 0) is 42.7 Å². The number of sulfonamides is 1. The number of ether oxygens (including phenoxy) is 1. The fraction of sp³-hybridized carbons (Fsp3) is 0.238. The van der Waals surface area contributed by atoms with Crippen LogP contribution in [0.1, 0.15) is 28.8 Å². The molecule has 4 rings (SSSR count). The predicted molar refractivity (Wildman–Crippen MR) is 114 cm³/mol.